The topological polar surface area (TPSA) is 102 Å². The molecule has 0 aliphatic heterocycles. The summed E-state index contributed by atoms with van der Waals surface area (Å²) in [6.45, 7) is -0.158. The van der Waals surface area contributed by atoms with Gasteiger partial charge < -0.3 is 19.3 Å². The highest BCUT2D eigenvalue weighted by Crippen LogP contribution is 2.24. The Bertz CT molecular complexity index is 343. The van der Waals surface area contributed by atoms with Crippen LogP contribution in [0.1, 0.15) is 38.5 Å². The van der Waals surface area contributed by atoms with E-state index in [0.29, 0.717) is 6.42 Å². The molecule has 1 aliphatic carbocycles. The fourth-order valence-corrected chi connectivity index (χ4v) is 2.43. The minimum atomic E-state index is -1.86. The zero-order chi connectivity index (χ0) is 14.8. The molecule has 0 heterocycles. The number of carbonyl (C=O) groups excluding carboxylic acids is 2. The van der Waals surface area contributed by atoms with E-state index in [1.165, 1.54) is 0 Å². The van der Waals surface area contributed by atoms with Gasteiger partial charge in [0.1, 0.15) is 0 Å². The van der Waals surface area contributed by atoms with Crippen LogP contribution in [-0.2, 0) is 25.3 Å². The first-order valence-corrected chi connectivity index (χ1v) is 8.02. The Morgan fingerprint density at radius 1 is 1.20 bits per heavy atom. The normalized spacial score (nSPS) is 17.2. The summed E-state index contributed by atoms with van der Waals surface area (Å²) in [4.78, 5) is 22.8. The monoisotopic (exact) mass is 307 g/mol. The van der Waals surface area contributed by atoms with Crippen molar-refractivity contribution in [3.63, 3.8) is 0 Å². The smallest absolute Gasteiger partial charge is 0.410 e. The van der Waals surface area contributed by atoms with E-state index in [2.05, 4.69) is 10.1 Å². The lowest BCUT2D eigenvalue weighted by Gasteiger charge is -2.19. The Labute approximate surface area is 120 Å². The van der Waals surface area contributed by atoms with E-state index in [-0.39, 0.29) is 24.2 Å². The van der Waals surface area contributed by atoms with Gasteiger partial charge in [-0.3, -0.25) is 4.79 Å². The van der Waals surface area contributed by atoms with Crippen molar-refractivity contribution in [2.45, 2.75) is 38.5 Å². The Balaban J connectivity index is 2.03. The van der Waals surface area contributed by atoms with Crippen molar-refractivity contribution >= 4 is 23.1 Å². The van der Waals surface area contributed by atoms with Gasteiger partial charge >= 0.3 is 12.1 Å². The highest BCUT2D eigenvalue weighted by molar-refractivity contribution is 7.79. The maximum absolute atomic E-state index is 11.6. The highest BCUT2D eigenvalue weighted by Gasteiger charge is 2.22. The number of rotatable bonds is 7. The van der Waals surface area contributed by atoms with Crippen molar-refractivity contribution in [2.75, 3.05) is 19.1 Å². The molecule has 8 heteroatoms. The second-order valence-corrected chi connectivity index (χ2v) is 5.71. The van der Waals surface area contributed by atoms with Crippen LogP contribution in [0.2, 0.25) is 0 Å². The van der Waals surface area contributed by atoms with Gasteiger partial charge in [0.2, 0.25) is 6.79 Å². The van der Waals surface area contributed by atoms with E-state index in [9.17, 15) is 13.8 Å². The predicted octanol–water partition coefficient (Wildman–Crippen LogP) is 1.41. The molecule has 0 bridgehead atoms. The zero-order valence-electron chi connectivity index (χ0n) is 11.3. The average Bonchev–Trinajstić information content (AvgIpc) is 2.44. The summed E-state index contributed by atoms with van der Waals surface area (Å²) in [6.07, 6.45) is 4.57. The van der Waals surface area contributed by atoms with Gasteiger partial charge in [0.25, 0.3) is 0 Å². The second-order valence-electron chi connectivity index (χ2n) is 4.65. The largest absolute Gasteiger partial charge is 0.428 e. The predicted molar refractivity (Wildman–Crippen MR) is 72.3 cm³/mol. The SMILES string of the molecule is O=C(NCCCS(=O)O)OCOC(=O)C1CCCCC1. The van der Waals surface area contributed by atoms with Crippen LogP contribution in [0.3, 0.4) is 0 Å². The molecule has 116 valence electrons. The van der Waals surface area contributed by atoms with Crippen molar-refractivity contribution in [3.05, 3.63) is 0 Å². The molecule has 0 radical (unpaired) electrons. The first-order valence-electron chi connectivity index (χ1n) is 6.74. The maximum Gasteiger partial charge on any atom is 0.410 e. The maximum atomic E-state index is 11.6. The first kappa shape index (κ1) is 16.9. The van der Waals surface area contributed by atoms with Crippen LogP contribution < -0.4 is 5.32 Å². The first-order chi connectivity index (χ1) is 9.59. The van der Waals surface area contributed by atoms with E-state index in [0.717, 1.165) is 32.1 Å². The molecule has 1 fully saturated rings. The standard InChI is InChI=1S/C12H21NO6S/c14-11(10-5-2-1-3-6-10)18-9-19-12(15)13-7-4-8-20(16)17/h10H,1-9H2,(H,13,15)(H,16,17). The lowest BCUT2D eigenvalue weighted by molar-refractivity contribution is -0.157. The summed E-state index contributed by atoms with van der Waals surface area (Å²) in [7, 11) is 0. The highest BCUT2D eigenvalue weighted by atomic mass is 32.2. The van der Waals surface area contributed by atoms with Crippen LogP contribution in [0.4, 0.5) is 4.79 Å². The number of hydrogen-bond acceptors (Lipinski definition) is 5. The van der Waals surface area contributed by atoms with Crippen LogP contribution in [0.25, 0.3) is 0 Å². The van der Waals surface area contributed by atoms with E-state index in [1.54, 1.807) is 0 Å². The third-order valence-electron chi connectivity index (χ3n) is 3.09. The van der Waals surface area contributed by atoms with Crippen LogP contribution >= 0.6 is 0 Å². The summed E-state index contributed by atoms with van der Waals surface area (Å²) in [5.41, 5.74) is 0. The molecule has 1 rings (SSSR count). The minimum absolute atomic E-state index is 0.0741. The quantitative estimate of drug-likeness (QED) is 0.319. The molecular formula is C12H21NO6S. The van der Waals surface area contributed by atoms with Crippen LogP contribution in [0.15, 0.2) is 0 Å². The summed E-state index contributed by atoms with van der Waals surface area (Å²) < 4.78 is 28.4. The molecule has 20 heavy (non-hydrogen) atoms. The Hall–Kier alpha value is -1.15. The molecule has 0 spiro atoms. The number of alkyl carbamates (subject to hydrolysis) is 1. The molecular weight excluding hydrogens is 286 g/mol. The zero-order valence-corrected chi connectivity index (χ0v) is 12.2. The van der Waals surface area contributed by atoms with Crippen molar-refractivity contribution in [3.8, 4) is 0 Å². The van der Waals surface area contributed by atoms with Gasteiger partial charge in [-0.15, -0.1) is 0 Å². The average molecular weight is 307 g/mol. The molecule has 2 N–H and O–H groups in total. The van der Waals surface area contributed by atoms with Crippen molar-refractivity contribution < 1.29 is 27.8 Å². The van der Waals surface area contributed by atoms with Crippen LogP contribution in [0.5, 0.6) is 0 Å². The molecule has 0 aromatic heterocycles. The van der Waals surface area contributed by atoms with Crippen LogP contribution in [0, 0.1) is 5.92 Å². The van der Waals surface area contributed by atoms with Gasteiger partial charge in [0.05, 0.1) is 11.7 Å². The fraction of sp³-hybridized carbons (Fsp3) is 0.833. The molecule has 0 saturated heterocycles. The van der Waals surface area contributed by atoms with Crippen molar-refractivity contribution in [1.29, 1.82) is 0 Å². The van der Waals surface area contributed by atoms with Gasteiger partial charge in [-0.25, -0.2) is 9.00 Å². The number of hydrogen-bond donors (Lipinski definition) is 2. The summed E-state index contributed by atoms with van der Waals surface area (Å²) in [5.74, 6) is -0.292. The Morgan fingerprint density at radius 3 is 2.55 bits per heavy atom. The number of nitrogens with one attached hydrogen (secondary N) is 1. The van der Waals surface area contributed by atoms with Gasteiger partial charge in [0.15, 0.2) is 11.1 Å². The lowest BCUT2D eigenvalue weighted by atomic mass is 9.89. The lowest BCUT2D eigenvalue weighted by Crippen LogP contribution is -2.28. The third-order valence-corrected chi connectivity index (χ3v) is 3.73. The summed E-state index contributed by atoms with van der Waals surface area (Å²) in [6, 6.07) is 0. The molecule has 7 nitrogen and oxygen atoms in total. The second kappa shape index (κ2) is 9.71. The van der Waals surface area contributed by atoms with Gasteiger partial charge in [0, 0.05) is 6.54 Å². The van der Waals surface area contributed by atoms with Gasteiger partial charge in [-0.05, 0) is 19.3 Å². The van der Waals surface area contributed by atoms with Gasteiger partial charge in [-0.1, -0.05) is 19.3 Å². The van der Waals surface area contributed by atoms with Gasteiger partial charge in [-0.2, -0.15) is 0 Å². The Kier molecular flexibility index (Phi) is 8.20. The molecule has 1 aliphatic rings. The molecule has 1 unspecified atom stereocenters. The molecule has 0 aromatic rings. The Morgan fingerprint density at radius 2 is 1.90 bits per heavy atom. The van der Waals surface area contributed by atoms with E-state index in [1.807, 2.05) is 0 Å². The summed E-state index contributed by atoms with van der Waals surface area (Å²) in [5, 5.41) is 2.39. The van der Waals surface area contributed by atoms with E-state index < -0.39 is 24.0 Å². The van der Waals surface area contributed by atoms with E-state index >= 15 is 0 Å². The van der Waals surface area contributed by atoms with Crippen molar-refractivity contribution in [1.82, 2.24) is 5.32 Å². The molecule has 0 aromatic carbocycles. The van der Waals surface area contributed by atoms with Crippen molar-refractivity contribution in [2.24, 2.45) is 5.92 Å². The molecule has 1 amide bonds. The summed E-state index contributed by atoms with van der Waals surface area (Å²) >= 11 is -1.86. The van der Waals surface area contributed by atoms with E-state index in [4.69, 9.17) is 9.29 Å². The number of esters is 1. The number of ether oxygens (including phenoxy) is 2. The molecule has 1 saturated carbocycles. The third kappa shape index (κ3) is 7.44. The number of amides is 1. The van der Waals surface area contributed by atoms with Crippen LogP contribution in [-0.4, -0.2) is 39.9 Å². The fourth-order valence-electron chi connectivity index (χ4n) is 2.03. The minimum Gasteiger partial charge on any atom is -0.428 e. The number of carbonyl (C=O) groups is 2. The molecule has 1 atom stereocenters.